The summed E-state index contributed by atoms with van der Waals surface area (Å²) in [7, 11) is 0. The van der Waals surface area contributed by atoms with E-state index >= 15 is 0 Å². The molecule has 0 spiro atoms. The van der Waals surface area contributed by atoms with Crippen LogP contribution in [0, 0.1) is 23.7 Å². The molecular weight excluding hydrogens is 266 g/mol. The van der Waals surface area contributed by atoms with Crippen molar-refractivity contribution < 1.29 is 0 Å². The molecule has 0 amide bonds. The van der Waals surface area contributed by atoms with Crippen molar-refractivity contribution in [1.82, 2.24) is 5.32 Å². The van der Waals surface area contributed by atoms with Crippen molar-refractivity contribution in [2.75, 3.05) is 13.1 Å². The highest BCUT2D eigenvalue weighted by molar-refractivity contribution is 5.07. The molecule has 0 saturated carbocycles. The van der Waals surface area contributed by atoms with Crippen LogP contribution in [0.4, 0.5) is 0 Å². The number of allylic oxidation sites excluding steroid dienone is 3. The number of nitrogens with one attached hydrogen (secondary N) is 1. The first-order chi connectivity index (χ1) is 10.5. The molecule has 128 valence electrons. The van der Waals surface area contributed by atoms with Crippen molar-refractivity contribution in [3.8, 4) is 0 Å². The molecule has 1 aliphatic rings. The second-order valence-corrected chi connectivity index (χ2v) is 7.69. The van der Waals surface area contributed by atoms with E-state index in [2.05, 4.69) is 51.7 Å². The minimum atomic E-state index is 0.528. The van der Waals surface area contributed by atoms with Crippen molar-refractivity contribution in [2.45, 2.75) is 72.6 Å². The second kappa shape index (κ2) is 11.0. The summed E-state index contributed by atoms with van der Waals surface area (Å²) in [6, 6.07) is 0. The monoisotopic (exact) mass is 305 g/mol. The summed E-state index contributed by atoms with van der Waals surface area (Å²) >= 11 is 0. The maximum absolute atomic E-state index is 4.08. The molecule has 0 aromatic rings. The van der Waals surface area contributed by atoms with E-state index in [-0.39, 0.29) is 0 Å². The Bertz CT molecular complexity index is 331. The van der Waals surface area contributed by atoms with Crippen LogP contribution < -0.4 is 5.32 Å². The van der Waals surface area contributed by atoms with Crippen molar-refractivity contribution in [3.63, 3.8) is 0 Å². The number of rotatable bonds is 1. The summed E-state index contributed by atoms with van der Waals surface area (Å²) < 4.78 is 0. The number of hydrogen-bond acceptors (Lipinski definition) is 1. The lowest BCUT2D eigenvalue weighted by molar-refractivity contribution is 0.316. The van der Waals surface area contributed by atoms with Crippen LogP contribution >= 0.6 is 0 Å². The minimum Gasteiger partial charge on any atom is -0.317 e. The van der Waals surface area contributed by atoms with E-state index in [1.807, 2.05) is 0 Å². The summed E-state index contributed by atoms with van der Waals surface area (Å²) in [5, 5.41) is 3.63. The van der Waals surface area contributed by atoms with E-state index in [1.165, 1.54) is 51.5 Å². The molecule has 1 nitrogen and oxygen atoms in total. The Balaban J connectivity index is 2.66. The Labute approximate surface area is 139 Å². The Kier molecular flexibility index (Phi) is 9.79. The molecule has 1 aliphatic heterocycles. The van der Waals surface area contributed by atoms with Gasteiger partial charge in [-0.3, -0.25) is 0 Å². The van der Waals surface area contributed by atoms with Crippen molar-refractivity contribution >= 4 is 0 Å². The smallest absolute Gasteiger partial charge is 0.00254 e. The van der Waals surface area contributed by atoms with E-state index in [0.29, 0.717) is 11.8 Å². The zero-order valence-corrected chi connectivity index (χ0v) is 15.5. The minimum absolute atomic E-state index is 0.528. The first-order valence-corrected chi connectivity index (χ1v) is 9.55. The molecule has 0 fully saturated rings. The average molecular weight is 306 g/mol. The normalized spacial score (nSPS) is 33.9. The lowest BCUT2D eigenvalue weighted by atomic mass is 9.81. The van der Waals surface area contributed by atoms with Crippen molar-refractivity contribution in [2.24, 2.45) is 23.7 Å². The van der Waals surface area contributed by atoms with E-state index in [1.54, 1.807) is 5.57 Å². The van der Waals surface area contributed by atoms with Gasteiger partial charge >= 0.3 is 0 Å². The Morgan fingerprint density at radius 1 is 1.05 bits per heavy atom. The van der Waals surface area contributed by atoms with Gasteiger partial charge in [0.2, 0.25) is 0 Å². The maximum atomic E-state index is 4.08. The van der Waals surface area contributed by atoms with Crippen molar-refractivity contribution in [3.05, 3.63) is 24.3 Å². The van der Waals surface area contributed by atoms with Gasteiger partial charge in [0.1, 0.15) is 0 Å². The topological polar surface area (TPSA) is 12.0 Å². The van der Waals surface area contributed by atoms with Gasteiger partial charge in [-0.2, -0.15) is 0 Å². The molecule has 0 aromatic heterocycles. The zero-order valence-electron chi connectivity index (χ0n) is 15.5. The third-order valence-corrected chi connectivity index (χ3v) is 5.60. The average Bonchev–Trinajstić information content (AvgIpc) is 2.49. The molecule has 4 unspecified atom stereocenters. The molecule has 0 radical (unpaired) electrons. The SMILES string of the molecule is C=CC1C=C(C)CCCC(C)CCCCNCCC(C)C1C. The Hall–Kier alpha value is -0.560. The van der Waals surface area contributed by atoms with Gasteiger partial charge in [0.15, 0.2) is 0 Å². The standard InChI is InChI=1S/C21H39N/c1-6-21-16-18(3)12-9-11-17(2)10-7-8-14-22-15-13-19(4)20(21)5/h6,16-17,19-22H,1,7-15H2,2-5H3. The van der Waals surface area contributed by atoms with E-state index in [0.717, 1.165) is 18.4 Å². The summed E-state index contributed by atoms with van der Waals surface area (Å²) in [5.41, 5.74) is 1.56. The highest BCUT2D eigenvalue weighted by Crippen LogP contribution is 2.27. The molecular formula is C21H39N. The van der Waals surface area contributed by atoms with E-state index in [4.69, 9.17) is 0 Å². The number of hydrogen-bond donors (Lipinski definition) is 1. The molecule has 1 rings (SSSR count). The van der Waals surface area contributed by atoms with Gasteiger partial charge in [-0.1, -0.05) is 57.8 Å². The molecule has 1 N–H and O–H groups in total. The molecule has 0 bridgehead atoms. The summed E-state index contributed by atoms with van der Waals surface area (Å²) in [6.45, 7) is 16.0. The summed E-state index contributed by atoms with van der Waals surface area (Å²) in [6.07, 6.45) is 14.0. The summed E-state index contributed by atoms with van der Waals surface area (Å²) in [4.78, 5) is 0. The van der Waals surface area contributed by atoms with Gasteiger partial charge in [-0.25, -0.2) is 0 Å². The van der Waals surface area contributed by atoms with Crippen LogP contribution in [0.25, 0.3) is 0 Å². The van der Waals surface area contributed by atoms with Gasteiger partial charge in [0.05, 0.1) is 0 Å². The molecule has 1 heterocycles. The molecule has 22 heavy (non-hydrogen) atoms. The van der Waals surface area contributed by atoms with Gasteiger partial charge in [-0.05, 0) is 69.4 Å². The first kappa shape index (κ1) is 19.5. The van der Waals surface area contributed by atoms with Crippen LogP contribution in [0.3, 0.4) is 0 Å². The predicted octanol–water partition coefficient (Wildman–Crippen LogP) is 5.98. The van der Waals surface area contributed by atoms with Crippen LogP contribution in [0.5, 0.6) is 0 Å². The fourth-order valence-electron chi connectivity index (χ4n) is 3.56. The Morgan fingerprint density at radius 3 is 2.50 bits per heavy atom. The molecule has 0 saturated heterocycles. The van der Waals surface area contributed by atoms with Gasteiger partial charge in [-0.15, -0.1) is 6.58 Å². The lowest BCUT2D eigenvalue weighted by Gasteiger charge is -2.26. The molecule has 1 heteroatoms. The quantitative estimate of drug-likeness (QED) is 0.588. The highest BCUT2D eigenvalue weighted by Gasteiger charge is 2.18. The lowest BCUT2D eigenvalue weighted by Crippen LogP contribution is -2.23. The fraction of sp³-hybridized carbons (Fsp3) is 0.810. The Morgan fingerprint density at radius 2 is 1.77 bits per heavy atom. The maximum Gasteiger partial charge on any atom is -0.00254 e. The largest absolute Gasteiger partial charge is 0.317 e. The molecule has 0 aromatic carbocycles. The van der Waals surface area contributed by atoms with Crippen LogP contribution in [0.1, 0.15) is 72.6 Å². The van der Waals surface area contributed by atoms with Crippen LogP contribution in [0.15, 0.2) is 24.3 Å². The first-order valence-electron chi connectivity index (χ1n) is 9.55. The van der Waals surface area contributed by atoms with Gasteiger partial charge in [0, 0.05) is 0 Å². The molecule has 4 atom stereocenters. The van der Waals surface area contributed by atoms with E-state index in [9.17, 15) is 0 Å². The third kappa shape index (κ3) is 7.63. The third-order valence-electron chi connectivity index (χ3n) is 5.60. The highest BCUT2D eigenvalue weighted by atomic mass is 14.8. The fourth-order valence-corrected chi connectivity index (χ4v) is 3.56. The van der Waals surface area contributed by atoms with Crippen molar-refractivity contribution in [1.29, 1.82) is 0 Å². The summed E-state index contributed by atoms with van der Waals surface area (Å²) in [5.74, 6) is 2.84. The second-order valence-electron chi connectivity index (χ2n) is 7.69. The van der Waals surface area contributed by atoms with Crippen LogP contribution in [-0.4, -0.2) is 13.1 Å². The van der Waals surface area contributed by atoms with Gasteiger partial charge < -0.3 is 5.32 Å². The predicted molar refractivity (Wildman–Crippen MR) is 100 cm³/mol. The van der Waals surface area contributed by atoms with Crippen LogP contribution in [0.2, 0.25) is 0 Å². The zero-order chi connectivity index (χ0) is 16.4. The van der Waals surface area contributed by atoms with E-state index < -0.39 is 0 Å². The molecule has 0 aliphatic carbocycles. The van der Waals surface area contributed by atoms with Gasteiger partial charge in [0.25, 0.3) is 0 Å². The van der Waals surface area contributed by atoms with Crippen LogP contribution in [-0.2, 0) is 0 Å².